The maximum absolute atomic E-state index is 12.7. The summed E-state index contributed by atoms with van der Waals surface area (Å²) >= 11 is 0. The van der Waals surface area contributed by atoms with Crippen LogP contribution in [-0.2, 0) is 11.3 Å². The lowest BCUT2D eigenvalue weighted by atomic mass is 10.1. The molecule has 29 heavy (non-hydrogen) atoms. The van der Waals surface area contributed by atoms with Crippen molar-refractivity contribution in [3.8, 4) is 11.5 Å². The SMILES string of the molecule is C[C@H](Oc1cccc(/C=C/Cn2cccc2C(=O)c2ccc(O)cc2)c1)C(=O)O. The number of hydrogen-bond donors (Lipinski definition) is 2. The molecule has 0 fully saturated rings. The van der Waals surface area contributed by atoms with Crippen LogP contribution >= 0.6 is 0 Å². The molecule has 6 heteroatoms. The van der Waals surface area contributed by atoms with E-state index in [0.717, 1.165) is 5.56 Å². The Balaban J connectivity index is 1.69. The number of aliphatic carboxylic acids is 1. The fourth-order valence-corrected chi connectivity index (χ4v) is 2.79. The van der Waals surface area contributed by atoms with Gasteiger partial charge in [-0.3, -0.25) is 4.79 Å². The largest absolute Gasteiger partial charge is 0.508 e. The smallest absolute Gasteiger partial charge is 0.344 e. The highest BCUT2D eigenvalue weighted by atomic mass is 16.5. The molecule has 148 valence electrons. The topological polar surface area (TPSA) is 88.8 Å². The zero-order chi connectivity index (χ0) is 20.8. The molecular formula is C23H21NO5. The quantitative estimate of drug-likeness (QED) is 0.567. The van der Waals surface area contributed by atoms with Gasteiger partial charge in [-0.15, -0.1) is 0 Å². The Kier molecular flexibility index (Phi) is 6.14. The zero-order valence-electron chi connectivity index (χ0n) is 15.9. The number of carbonyl (C=O) groups excluding carboxylic acids is 1. The van der Waals surface area contributed by atoms with Crippen LogP contribution in [0.1, 0.15) is 28.5 Å². The van der Waals surface area contributed by atoms with E-state index < -0.39 is 12.1 Å². The summed E-state index contributed by atoms with van der Waals surface area (Å²) in [5.74, 6) is -0.555. The summed E-state index contributed by atoms with van der Waals surface area (Å²) in [5.41, 5.74) is 1.91. The van der Waals surface area contributed by atoms with Crippen LogP contribution in [0.25, 0.3) is 6.08 Å². The molecule has 0 aliphatic rings. The Morgan fingerprint density at radius 3 is 2.59 bits per heavy atom. The number of ether oxygens (including phenoxy) is 1. The normalized spacial score (nSPS) is 12.0. The van der Waals surface area contributed by atoms with Crippen LogP contribution in [0.5, 0.6) is 11.5 Å². The Bertz CT molecular complexity index is 1030. The summed E-state index contributed by atoms with van der Waals surface area (Å²) in [6.45, 7) is 1.96. The van der Waals surface area contributed by atoms with Gasteiger partial charge in [0, 0.05) is 18.3 Å². The molecule has 0 saturated carbocycles. The molecule has 0 radical (unpaired) electrons. The van der Waals surface area contributed by atoms with E-state index in [-0.39, 0.29) is 11.5 Å². The van der Waals surface area contributed by atoms with Gasteiger partial charge < -0.3 is 19.5 Å². The fraction of sp³-hybridized carbons (Fsp3) is 0.130. The molecule has 0 saturated heterocycles. The van der Waals surface area contributed by atoms with Crippen LogP contribution in [0.2, 0.25) is 0 Å². The fourth-order valence-electron chi connectivity index (χ4n) is 2.79. The predicted molar refractivity (Wildman–Crippen MR) is 109 cm³/mol. The van der Waals surface area contributed by atoms with E-state index >= 15 is 0 Å². The molecule has 1 atom stereocenters. The maximum Gasteiger partial charge on any atom is 0.344 e. The summed E-state index contributed by atoms with van der Waals surface area (Å²) in [7, 11) is 0. The highest BCUT2D eigenvalue weighted by Gasteiger charge is 2.13. The average molecular weight is 391 g/mol. The van der Waals surface area contributed by atoms with Crippen molar-refractivity contribution >= 4 is 17.8 Å². The highest BCUT2D eigenvalue weighted by Crippen LogP contribution is 2.17. The van der Waals surface area contributed by atoms with Crippen LogP contribution in [0.4, 0.5) is 0 Å². The standard InChI is InChI=1S/C23H21NO5/c1-16(23(27)28)29-20-7-2-5-17(15-20)6-3-13-24-14-4-8-21(24)22(26)18-9-11-19(25)12-10-18/h2-12,14-16,25H,13H2,1H3,(H,27,28)/b6-3+/t16-/m0/s1. The third-order valence-electron chi connectivity index (χ3n) is 4.32. The first-order valence-electron chi connectivity index (χ1n) is 9.09. The third-order valence-corrected chi connectivity index (χ3v) is 4.32. The molecule has 0 spiro atoms. The third kappa shape index (κ3) is 5.13. The number of allylic oxidation sites excluding steroid dienone is 1. The molecule has 0 aliphatic carbocycles. The Labute approximate surface area is 168 Å². The first-order valence-corrected chi connectivity index (χ1v) is 9.09. The minimum atomic E-state index is -1.02. The lowest BCUT2D eigenvalue weighted by molar-refractivity contribution is -0.144. The van der Waals surface area contributed by atoms with Crippen LogP contribution in [0.15, 0.2) is 72.9 Å². The van der Waals surface area contributed by atoms with Gasteiger partial charge in [-0.05, 0) is 61.0 Å². The Morgan fingerprint density at radius 2 is 1.86 bits per heavy atom. The number of aromatic hydroxyl groups is 1. The van der Waals surface area contributed by atoms with Gasteiger partial charge in [-0.1, -0.05) is 24.3 Å². The van der Waals surface area contributed by atoms with Crippen molar-refractivity contribution in [1.82, 2.24) is 4.57 Å². The highest BCUT2D eigenvalue weighted by molar-refractivity contribution is 6.08. The molecule has 0 bridgehead atoms. The number of carboxylic acids is 1. The second kappa shape index (κ2) is 8.93. The van der Waals surface area contributed by atoms with E-state index in [9.17, 15) is 14.7 Å². The van der Waals surface area contributed by atoms with Gasteiger partial charge in [-0.2, -0.15) is 0 Å². The first kappa shape index (κ1) is 19.9. The molecule has 0 unspecified atom stereocenters. The van der Waals surface area contributed by atoms with E-state index in [1.807, 2.05) is 35.0 Å². The molecule has 3 aromatic rings. The number of benzene rings is 2. The Hall–Kier alpha value is -3.80. The number of ketones is 1. The number of phenolic OH excluding ortho intramolecular Hbond substituents is 1. The van der Waals surface area contributed by atoms with Gasteiger partial charge in [0.2, 0.25) is 5.78 Å². The number of carbonyl (C=O) groups is 2. The second-order valence-electron chi connectivity index (χ2n) is 6.49. The summed E-state index contributed by atoms with van der Waals surface area (Å²) < 4.78 is 7.21. The molecule has 6 nitrogen and oxygen atoms in total. The molecular weight excluding hydrogens is 370 g/mol. The second-order valence-corrected chi connectivity index (χ2v) is 6.49. The summed E-state index contributed by atoms with van der Waals surface area (Å²) in [4.78, 5) is 23.6. The number of rotatable bonds is 8. The van der Waals surface area contributed by atoms with Gasteiger partial charge in [0.05, 0.1) is 5.69 Å². The van der Waals surface area contributed by atoms with E-state index in [1.165, 1.54) is 19.1 Å². The number of hydrogen-bond acceptors (Lipinski definition) is 4. The Morgan fingerprint density at radius 1 is 1.10 bits per heavy atom. The van der Waals surface area contributed by atoms with E-state index in [4.69, 9.17) is 9.84 Å². The van der Waals surface area contributed by atoms with Crippen molar-refractivity contribution in [1.29, 1.82) is 0 Å². The summed E-state index contributed by atoms with van der Waals surface area (Å²) in [5, 5.41) is 18.3. The maximum atomic E-state index is 12.7. The van der Waals surface area contributed by atoms with Crippen molar-refractivity contribution < 1.29 is 24.5 Å². The summed E-state index contributed by atoms with van der Waals surface area (Å²) in [6, 6.07) is 16.9. The van der Waals surface area contributed by atoms with Crippen molar-refractivity contribution in [3.63, 3.8) is 0 Å². The molecule has 2 aromatic carbocycles. The lowest BCUT2D eigenvalue weighted by Gasteiger charge is -2.10. The van der Waals surface area contributed by atoms with E-state index in [1.54, 1.807) is 36.4 Å². The van der Waals surface area contributed by atoms with Crippen LogP contribution in [0.3, 0.4) is 0 Å². The van der Waals surface area contributed by atoms with Gasteiger partial charge in [-0.25, -0.2) is 4.79 Å². The summed E-state index contributed by atoms with van der Waals surface area (Å²) in [6.07, 6.45) is 4.69. The lowest BCUT2D eigenvalue weighted by Crippen LogP contribution is -2.22. The van der Waals surface area contributed by atoms with Gasteiger partial charge in [0.15, 0.2) is 6.10 Å². The van der Waals surface area contributed by atoms with Gasteiger partial charge >= 0.3 is 5.97 Å². The van der Waals surface area contributed by atoms with Crippen LogP contribution < -0.4 is 4.74 Å². The molecule has 0 amide bonds. The van der Waals surface area contributed by atoms with Gasteiger partial charge in [0.1, 0.15) is 11.5 Å². The predicted octanol–water partition coefficient (Wildman–Crippen LogP) is 3.99. The molecule has 3 rings (SSSR count). The van der Waals surface area contributed by atoms with Crippen LogP contribution in [0, 0.1) is 0 Å². The number of aromatic nitrogens is 1. The van der Waals surface area contributed by atoms with Gasteiger partial charge in [0.25, 0.3) is 0 Å². The number of carboxylic acid groups (broad SMARTS) is 1. The monoisotopic (exact) mass is 391 g/mol. The van der Waals surface area contributed by atoms with Crippen LogP contribution in [-0.4, -0.2) is 32.6 Å². The minimum absolute atomic E-state index is 0.115. The van der Waals surface area contributed by atoms with Crippen molar-refractivity contribution in [2.24, 2.45) is 0 Å². The molecule has 2 N–H and O–H groups in total. The molecule has 1 heterocycles. The van der Waals surface area contributed by atoms with Crippen molar-refractivity contribution in [2.45, 2.75) is 19.6 Å². The van der Waals surface area contributed by atoms with E-state index in [0.29, 0.717) is 23.6 Å². The zero-order valence-corrected chi connectivity index (χ0v) is 15.9. The van der Waals surface area contributed by atoms with Crippen molar-refractivity contribution in [3.05, 3.63) is 89.8 Å². The van der Waals surface area contributed by atoms with E-state index in [2.05, 4.69) is 0 Å². The molecule has 1 aromatic heterocycles. The molecule has 0 aliphatic heterocycles. The number of phenols is 1. The number of nitrogens with zero attached hydrogens (tertiary/aromatic N) is 1. The first-order chi connectivity index (χ1) is 13.9. The van der Waals surface area contributed by atoms with Crippen molar-refractivity contribution in [2.75, 3.05) is 0 Å². The minimum Gasteiger partial charge on any atom is -0.508 e. The average Bonchev–Trinajstić information content (AvgIpc) is 3.17.